The zero-order valence-corrected chi connectivity index (χ0v) is 15.8. The molecule has 3 heteroatoms. The fourth-order valence-corrected chi connectivity index (χ4v) is 2.90. The minimum atomic E-state index is 0.575. The van der Waals surface area contributed by atoms with Crippen molar-refractivity contribution in [3.8, 4) is 11.1 Å². The summed E-state index contributed by atoms with van der Waals surface area (Å²) in [5.41, 5.74) is 3.85. The zero-order chi connectivity index (χ0) is 17.4. The third kappa shape index (κ3) is 6.27. The average Bonchev–Trinajstić information content (AvgIpc) is 2.58. The van der Waals surface area contributed by atoms with Crippen molar-refractivity contribution >= 4 is 11.6 Å². The number of halogens is 1. The highest BCUT2D eigenvalue weighted by atomic mass is 35.5. The van der Waals surface area contributed by atoms with Crippen molar-refractivity contribution in [2.75, 3.05) is 33.7 Å². The maximum atomic E-state index is 5.95. The van der Waals surface area contributed by atoms with Crippen LogP contribution in [0, 0.1) is 0 Å². The Morgan fingerprint density at radius 1 is 0.917 bits per heavy atom. The maximum Gasteiger partial charge on any atom is 0.0406 e. The van der Waals surface area contributed by atoms with Crippen LogP contribution in [0.15, 0.2) is 48.5 Å². The van der Waals surface area contributed by atoms with Gasteiger partial charge < -0.3 is 10.2 Å². The second kappa shape index (κ2) is 9.83. The van der Waals surface area contributed by atoms with Crippen LogP contribution in [0.5, 0.6) is 0 Å². The molecule has 0 bridgehead atoms. The Labute approximate surface area is 151 Å². The summed E-state index contributed by atoms with van der Waals surface area (Å²) in [4.78, 5) is 2.23. The highest BCUT2D eigenvalue weighted by Gasteiger charge is 2.06. The molecule has 0 heterocycles. The number of nitrogens with one attached hydrogen (secondary N) is 1. The van der Waals surface area contributed by atoms with E-state index in [2.05, 4.69) is 67.6 Å². The van der Waals surface area contributed by atoms with Gasteiger partial charge in [0, 0.05) is 5.02 Å². The molecule has 0 aliphatic heterocycles. The Bertz CT molecular complexity index is 590. The van der Waals surface area contributed by atoms with Gasteiger partial charge in [-0.3, -0.25) is 0 Å². The highest BCUT2D eigenvalue weighted by Crippen LogP contribution is 2.25. The average molecular weight is 345 g/mol. The molecular weight excluding hydrogens is 316 g/mol. The summed E-state index contributed by atoms with van der Waals surface area (Å²) in [6.45, 7) is 5.63. The number of hydrogen-bond acceptors (Lipinski definition) is 2. The number of hydrogen-bond donors (Lipinski definition) is 1. The van der Waals surface area contributed by atoms with Crippen molar-refractivity contribution in [3.63, 3.8) is 0 Å². The van der Waals surface area contributed by atoms with Gasteiger partial charge in [0.2, 0.25) is 0 Å². The summed E-state index contributed by atoms with van der Waals surface area (Å²) < 4.78 is 0. The molecule has 2 aromatic carbocycles. The first kappa shape index (κ1) is 19.0. The Balaban J connectivity index is 1.78. The molecule has 0 fully saturated rings. The quantitative estimate of drug-likeness (QED) is 0.641. The van der Waals surface area contributed by atoms with E-state index in [0.717, 1.165) is 24.7 Å². The molecule has 130 valence electrons. The van der Waals surface area contributed by atoms with Gasteiger partial charge in [-0.1, -0.05) is 54.9 Å². The maximum absolute atomic E-state index is 5.95. The lowest BCUT2D eigenvalue weighted by Gasteiger charge is -2.14. The van der Waals surface area contributed by atoms with E-state index in [9.17, 15) is 0 Å². The predicted molar refractivity (Wildman–Crippen MR) is 106 cm³/mol. The first-order valence-corrected chi connectivity index (χ1v) is 9.15. The van der Waals surface area contributed by atoms with Crippen LogP contribution >= 0.6 is 11.6 Å². The molecule has 0 aromatic heterocycles. The molecule has 0 spiro atoms. The van der Waals surface area contributed by atoms with Gasteiger partial charge in [0.1, 0.15) is 0 Å². The molecule has 2 rings (SSSR count). The minimum Gasteiger partial charge on any atom is -0.317 e. The minimum absolute atomic E-state index is 0.575. The van der Waals surface area contributed by atoms with Crippen LogP contribution in [0.1, 0.15) is 31.2 Å². The number of benzene rings is 2. The van der Waals surface area contributed by atoms with Crippen LogP contribution in [-0.4, -0.2) is 38.6 Å². The van der Waals surface area contributed by atoms with E-state index >= 15 is 0 Å². The normalized spacial score (nSPS) is 12.5. The Morgan fingerprint density at radius 3 is 2.08 bits per heavy atom. The first-order chi connectivity index (χ1) is 11.6. The van der Waals surface area contributed by atoms with Crippen LogP contribution in [0.3, 0.4) is 0 Å². The van der Waals surface area contributed by atoms with Crippen LogP contribution < -0.4 is 5.32 Å². The van der Waals surface area contributed by atoms with E-state index < -0.39 is 0 Å². The molecular formula is C21H29ClN2. The molecule has 1 atom stereocenters. The van der Waals surface area contributed by atoms with E-state index in [-0.39, 0.29) is 0 Å². The molecule has 2 aromatic rings. The Hall–Kier alpha value is -1.35. The Morgan fingerprint density at radius 2 is 1.50 bits per heavy atom. The topological polar surface area (TPSA) is 15.3 Å². The van der Waals surface area contributed by atoms with Crippen molar-refractivity contribution in [1.29, 1.82) is 0 Å². The summed E-state index contributed by atoms with van der Waals surface area (Å²) in [5, 5.41) is 4.32. The molecule has 1 unspecified atom stereocenters. The van der Waals surface area contributed by atoms with Crippen LogP contribution in [0.25, 0.3) is 11.1 Å². The lowest BCUT2D eigenvalue weighted by atomic mass is 9.95. The SMILES string of the molecule is CC(CCNCCCN(C)C)c1ccc(-c2ccc(Cl)cc2)cc1. The molecule has 0 aliphatic carbocycles. The summed E-state index contributed by atoms with van der Waals surface area (Å²) >= 11 is 5.95. The van der Waals surface area contributed by atoms with E-state index in [1.54, 1.807) is 0 Å². The smallest absolute Gasteiger partial charge is 0.0406 e. The second-order valence-electron chi connectivity index (χ2n) is 6.73. The fraction of sp³-hybridized carbons (Fsp3) is 0.429. The largest absolute Gasteiger partial charge is 0.317 e. The number of nitrogens with zero attached hydrogens (tertiary/aromatic N) is 1. The van der Waals surface area contributed by atoms with Gasteiger partial charge in [0.25, 0.3) is 0 Å². The fourth-order valence-electron chi connectivity index (χ4n) is 2.78. The number of rotatable bonds is 9. The van der Waals surface area contributed by atoms with E-state index in [1.807, 2.05) is 12.1 Å². The molecule has 2 nitrogen and oxygen atoms in total. The molecule has 1 N–H and O–H groups in total. The van der Waals surface area contributed by atoms with Crippen molar-refractivity contribution in [2.24, 2.45) is 0 Å². The molecule has 0 aliphatic rings. The predicted octanol–water partition coefficient (Wildman–Crippen LogP) is 5.04. The molecule has 0 saturated heterocycles. The third-order valence-corrected chi connectivity index (χ3v) is 4.62. The van der Waals surface area contributed by atoms with Gasteiger partial charge >= 0.3 is 0 Å². The third-order valence-electron chi connectivity index (χ3n) is 4.37. The van der Waals surface area contributed by atoms with E-state index in [4.69, 9.17) is 11.6 Å². The van der Waals surface area contributed by atoms with Crippen LogP contribution in [0.4, 0.5) is 0 Å². The van der Waals surface area contributed by atoms with Gasteiger partial charge in [-0.25, -0.2) is 0 Å². The molecule has 0 radical (unpaired) electrons. The zero-order valence-electron chi connectivity index (χ0n) is 15.1. The first-order valence-electron chi connectivity index (χ1n) is 8.77. The highest BCUT2D eigenvalue weighted by molar-refractivity contribution is 6.30. The summed E-state index contributed by atoms with van der Waals surface area (Å²) in [7, 11) is 4.24. The van der Waals surface area contributed by atoms with Gasteiger partial charge in [0.05, 0.1) is 0 Å². The van der Waals surface area contributed by atoms with Crippen LogP contribution in [-0.2, 0) is 0 Å². The molecule has 24 heavy (non-hydrogen) atoms. The monoisotopic (exact) mass is 344 g/mol. The summed E-state index contributed by atoms with van der Waals surface area (Å²) in [5.74, 6) is 0.575. The van der Waals surface area contributed by atoms with Crippen molar-refractivity contribution in [1.82, 2.24) is 10.2 Å². The Kier molecular flexibility index (Phi) is 7.77. The van der Waals surface area contributed by atoms with Crippen molar-refractivity contribution in [2.45, 2.75) is 25.7 Å². The van der Waals surface area contributed by atoms with E-state index in [0.29, 0.717) is 5.92 Å². The summed E-state index contributed by atoms with van der Waals surface area (Å²) in [6, 6.07) is 16.9. The van der Waals surface area contributed by atoms with E-state index in [1.165, 1.54) is 29.5 Å². The molecule has 0 amide bonds. The van der Waals surface area contributed by atoms with Crippen molar-refractivity contribution < 1.29 is 0 Å². The van der Waals surface area contributed by atoms with Crippen molar-refractivity contribution in [3.05, 3.63) is 59.1 Å². The molecule has 0 saturated carbocycles. The summed E-state index contributed by atoms with van der Waals surface area (Å²) in [6.07, 6.45) is 2.37. The van der Waals surface area contributed by atoms with Gasteiger partial charge in [-0.15, -0.1) is 0 Å². The lowest BCUT2D eigenvalue weighted by molar-refractivity contribution is 0.393. The standard InChI is InChI=1S/C21H29ClN2/c1-17(13-15-23-14-4-16-24(2)3)18-5-7-19(8-6-18)20-9-11-21(22)12-10-20/h5-12,17,23H,4,13-16H2,1-3H3. The second-order valence-corrected chi connectivity index (χ2v) is 7.16. The van der Waals surface area contributed by atoms with Crippen LogP contribution in [0.2, 0.25) is 5.02 Å². The van der Waals surface area contributed by atoms with Gasteiger partial charge in [-0.2, -0.15) is 0 Å². The lowest BCUT2D eigenvalue weighted by Crippen LogP contribution is -2.22. The van der Waals surface area contributed by atoms with Gasteiger partial charge in [-0.05, 0) is 81.3 Å². The van der Waals surface area contributed by atoms with Gasteiger partial charge in [0.15, 0.2) is 0 Å².